The van der Waals surface area contributed by atoms with Crippen LogP contribution in [0.5, 0.6) is 0 Å². The number of hydrogen-bond donors (Lipinski definition) is 0. The first-order valence-electron chi connectivity index (χ1n) is 14.3. The number of aliphatic imine (C=N–C) groups is 2. The minimum Gasteiger partial charge on any atom is -0.336 e. The third-order valence-electron chi connectivity index (χ3n) is 8.65. The Morgan fingerprint density at radius 2 is 1.85 bits per heavy atom. The molecule has 3 fully saturated rings. The minimum absolute atomic E-state index is 0.0692. The lowest BCUT2D eigenvalue weighted by atomic mass is 9.88. The van der Waals surface area contributed by atoms with Crippen LogP contribution in [0.15, 0.2) is 46.4 Å². The average Bonchev–Trinajstić information content (AvgIpc) is 3.52. The summed E-state index contributed by atoms with van der Waals surface area (Å²) in [5.41, 5.74) is 4.17. The van der Waals surface area contributed by atoms with E-state index in [1.54, 1.807) is 12.1 Å². The van der Waals surface area contributed by atoms with Gasteiger partial charge >= 0.3 is 0 Å². The predicted molar refractivity (Wildman–Crippen MR) is 152 cm³/mol. The number of nitrogens with zero attached hydrogens (tertiary/aromatic N) is 4. The second-order valence-electron chi connectivity index (χ2n) is 11.5. The van der Waals surface area contributed by atoms with Crippen LogP contribution < -0.4 is 0 Å². The molecule has 3 aliphatic heterocycles. The summed E-state index contributed by atoms with van der Waals surface area (Å²) in [5, 5.41) is 0.709. The molecule has 2 aromatic rings. The van der Waals surface area contributed by atoms with E-state index in [1.807, 2.05) is 24.3 Å². The summed E-state index contributed by atoms with van der Waals surface area (Å²) in [5.74, 6) is 1.05. The van der Waals surface area contributed by atoms with E-state index >= 15 is 4.39 Å². The summed E-state index contributed by atoms with van der Waals surface area (Å²) in [6.07, 6.45) is 5.57. The topological polar surface area (TPSA) is 48.3 Å². The maximum absolute atomic E-state index is 15.1. The third kappa shape index (κ3) is 6.09. The number of rotatable bonds is 8. The van der Waals surface area contributed by atoms with Crippen molar-refractivity contribution in [1.82, 2.24) is 9.80 Å². The van der Waals surface area contributed by atoms with E-state index < -0.39 is 12.0 Å². The van der Waals surface area contributed by atoms with E-state index in [1.165, 1.54) is 4.90 Å². The number of halogens is 3. The molecule has 8 heteroatoms. The number of benzene rings is 2. The fourth-order valence-electron chi connectivity index (χ4n) is 6.17. The van der Waals surface area contributed by atoms with Gasteiger partial charge in [0.05, 0.1) is 30.9 Å². The highest BCUT2D eigenvalue weighted by atomic mass is 35.5. The van der Waals surface area contributed by atoms with Gasteiger partial charge in [-0.15, -0.1) is 0 Å². The van der Waals surface area contributed by atoms with Gasteiger partial charge in [-0.05, 0) is 99.2 Å². The number of likely N-dealkylation sites (tertiary alicyclic amines) is 2. The summed E-state index contributed by atoms with van der Waals surface area (Å²) in [6, 6.07) is 11.1. The van der Waals surface area contributed by atoms with Gasteiger partial charge in [-0.25, -0.2) is 13.8 Å². The molecule has 206 valence electrons. The van der Waals surface area contributed by atoms with Crippen molar-refractivity contribution in [2.45, 2.75) is 57.0 Å². The Labute approximate surface area is 234 Å². The van der Waals surface area contributed by atoms with Crippen LogP contribution in [0.1, 0.15) is 71.5 Å². The highest BCUT2D eigenvalue weighted by Crippen LogP contribution is 2.43. The van der Waals surface area contributed by atoms with Gasteiger partial charge in [0.1, 0.15) is 17.8 Å². The van der Waals surface area contributed by atoms with Gasteiger partial charge < -0.3 is 4.90 Å². The number of hydrogen-bond acceptors (Lipinski definition) is 4. The van der Waals surface area contributed by atoms with Crippen LogP contribution in [0, 0.1) is 11.7 Å². The molecular weight excluding hydrogens is 518 g/mol. The molecular formula is C31H35ClF2N4O. The molecule has 2 saturated heterocycles. The zero-order valence-corrected chi connectivity index (χ0v) is 23.0. The van der Waals surface area contributed by atoms with Crippen molar-refractivity contribution in [1.29, 1.82) is 0 Å². The molecule has 6 rings (SSSR count). The SMILES string of the molecule is O=C(c1cc(C2CC2)c(CCC2CCN(CC3=NCC(c4ccccc4Cl)=N3)CC2)cc1F)N1CCC(F)C1. The van der Waals surface area contributed by atoms with Crippen molar-refractivity contribution in [3.63, 3.8) is 0 Å². The van der Waals surface area contributed by atoms with Crippen molar-refractivity contribution >= 4 is 29.1 Å². The molecule has 0 radical (unpaired) electrons. The Hall–Kier alpha value is -2.64. The molecule has 5 nitrogen and oxygen atoms in total. The average molecular weight is 553 g/mol. The number of amidine groups is 1. The highest BCUT2D eigenvalue weighted by molar-refractivity contribution is 6.35. The van der Waals surface area contributed by atoms with Gasteiger partial charge in [-0.1, -0.05) is 29.8 Å². The van der Waals surface area contributed by atoms with Gasteiger partial charge in [0.15, 0.2) is 0 Å². The van der Waals surface area contributed by atoms with Crippen molar-refractivity contribution in [3.05, 3.63) is 69.5 Å². The van der Waals surface area contributed by atoms with Crippen LogP contribution in [0.25, 0.3) is 0 Å². The highest BCUT2D eigenvalue weighted by Gasteiger charge is 2.32. The molecule has 39 heavy (non-hydrogen) atoms. The Kier molecular flexibility index (Phi) is 7.81. The quantitative estimate of drug-likeness (QED) is 0.398. The van der Waals surface area contributed by atoms with Gasteiger partial charge in [0, 0.05) is 17.1 Å². The number of carbonyl (C=O) groups excluding carboxylic acids is 1. The van der Waals surface area contributed by atoms with Crippen molar-refractivity contribution in [2.24, 2.45) is 15.9 Å². The standard InChI is InChI=1S/C31H35ClF2N4O/c32-27-4-2-1-3-24(27)29-17-35-30(36-29)19-37-12-9-20(10-13-37)5-6-22-15-28(34)26(16-25(22)21-7-8-21)31(39)38-14-11-23(33)18-38/h1-4,15-16,20-21,23H,5-14,17-19H2. The molecule has 1 unspecified atom stereocenters. The maximum atomic E-state index is 15.1. The smallest absolute Gasteiger partial charge is 0.256 e. The Morgan fingerprint density at radius 3 is 2.56 bits per heavy atom. The molecule has 0 aromatic heterocycles. The molecule has 0 spiro atoms. The van der Waals surface area contributed by atoms with Gasteiger partial charge in [0.25, 0.3) is 5.91 Å². The van der Waals surface area contributed by atoms with Crippen LogP contribution in [-0.4, -0.2) is 72.7 Å². The summed E-state index contributed by atoms with van der Waals surface area (Å²) in [6.45, 7) is 3.77. The largest absolute Gasteiger partial charge is 0.336 e. The summed E-state index contributed by atoms with van der Waals surface area (Å²) < 4.78 is 28.7. The molecule has 4 aliphatic rings. The zero-order chi connectivity index (χ0) is 26.9. The van der Waals surface area contributed by atoms with Crippen LogP contribution in [0.3, 0.4) is 0 Å². The number of alkyl halides is 1. The minimum atomic E-state index is -1.00. The van der Waals surface area contributed by atoms with Crippen molar-refractivity contribution in [3.8, 4) is 0 Å². The summed E-state index contributed by atoms with van der Waals surface area (Å²) in [4.78, 5) is 26.1. The predicted octanol–water partition coefficient (Wildman–Crippen LogP) is 6.09. The van der Waals surface area contributed by atoms with E-state index in [-0.39, 0.29) is 18.0 Å². The first-order chi connectivity index (χ1) is 18.9. The Bertz CT molecular complexity index is 1300. The molecule has 1 saturated carbocycles. The molecule has 0 N–H and O–H groups in total. The first kappa shape index (κ1) is 26.6. The molecule has 2 aromatic carbocycles. The Balaban J connectivity index is 1.02. The molecule has 3 heterocycles. The zero-order valence-electron chi connectivity index (χ0n) is 22.2. The normalized spacial score (nSPS) is 22.3. The maximum Gasteiger partial charge on any atom is 0.256 e. The van der Waals surface area contributed by atoms with Crippen molar-refractivity contribution < 1.29 is 13.6 Å². The fraction of sp³-hybridized carbons (Fsp3) is 0.516. The second-order valence-corrected chi connectivity index (χ2v) is 11.9. The third-order valence-corrected chi connectivity index (χ3v) is 8.98. The second kappa shape index (κ2) is 11.5. The number of aryl methyl sites for hydroxylation is 1. The lowest BCUT2D eigenvalue weighted by molar-refractivity contribution is 0.0778. The molecule has 1 amide bonds. The molecule has 1 aliphatic carbocycles. The van der Waals surface area contributed by atoms with E-state index in [0.29, 0.717) is 36.4 Å². The number of amides is 1. The van der Waals surface area contributed by atoms with Gasteiger partial charge in [-0.2, -0.15) is 0 Å². The molecule has 1 atom stereocenters. The molecule has 0 bridgehead atoms. The number of carbonyl (C=O) groups is 1. The summed E-state index contributed by atoms with van der Waals surface area (Å²) >= 11 is 6.33. The van der Waals surface area contributed by atoms with Crippen LogP contribution >= 0.6 is 11.6 Å². The van der Waals surface area contributed by atoms with E-state index in [9.17, 15) is 9.18 Å². The lowest BCUT2D eigenvalue weighted by Crippen LogP contribution is -2.37. The van der Waals surface area contributed by atoms with Crippen molar-refractivity contribution in [2.75, 3.05) is 39.3 Å². The van der Waals surface area contributed by atoms with E-state index in [0.717, 1.165) is 86.4 Å². The monoisotopic (exact) mass is 552 g/mol. The lowest BCUT2D eigenvalue weighted by Gasteiger charge is -2.31. The van der Waals surface area contributed by atoms with Crippen LogP contribution in [0.2, 0.25) is 5.02 Å². The van der Waals surface area contributed by atoms with Gasteiger partial charge in [-0.3, -0.25) is 14.7 Å². The van der Waals surface area contributed by atoms with E-state index in [4.69, 9.17) is 16.6 Å². The van der Waals surface area contributed by atoms with Gasteiger partial charge in [0.2, 0.25) is 0 Å². The van der Waals surface area contributed by atoms with Crippen LogP contribution in [-0.2, 0) is 6.42 Å². The van der Waals surface area contributed by atoms with E-state index in [2.05, 4.69) is 9.89 Å². The first-order valence-corrected chi connectivity index (χ1v) is 14.7. The summed E-state index contributed by atoms with van der Waals surface area (Å²) in [7, 11) is 0. The number of piperidine rings is 1. The Morgan fingerprint density at radius 1 is 1.05 bits per heavy atom. The fourth-order valence-corrected chi connectivity index (χ4v) is 6.41. The van der Waals surface area contributed by atoms with Crippen LogP contribution in [0.4, 0.5) is 8.78 Å².